The number of hydrogen-bond acceptors (Lipinski definition) is 7. The fraction of sp³-hybridized carbons (Fsp3) is 0.737. The molecule has 0 saturated carbocycles. The minimum atomic E-state index is -1.97. The molecule has 162 valence electrons. The summed E-state index contributed by atoms with van der Waals surface area (Å²) in [6.45, 7) is 0.156. The number of nitrogens with zero attached hydrogens (tertiary/aromatic N) is 2. The highest BCUT2D eigenvalue weighted by molar-refractivity contribution is 6.01. The van der Waals surface area contributed by atoms with E-state index in [2.05, 4.69) is 15.5 Å². The molecule has 0 aromatic carbocycles. The molecule has 2 atom stereocenters. The number of hydroxylamine groups is 2. The summed E-state index contributed by atoms with van der Waals surface area (Å²) in [6, 6.07) is -1.95. The van der Waals surface area contributed by atoms with Crippen molar-refractivity contribution in [3.63, 3.8) is 0 Å². The van der Waals surface area contributed by atoms with Crippen LogP contribution in [0, 0.1) is 5.92 Å². The molecular formula is C19H30N4O6. The molecule has 0 aromatic rings. The van der Waals surface area contributed by atoms with Crippen LogP contribution in [0.1, 0.15) is 57.9 Å². The van der Waals surface area contributed by atoms with Gasteiger partial charge in [0.1, 0.15) is 0 Å². The Morgan fingerprint density at radius 1 is 1.21 bits per heavy atom. The lowest BCUT2D eigenvalue weighted by Gasteiger charge is -2.25. The minimum Gasteiger partial charge on any atom is -0.355 e. The van der Waals surface area contributed by atoms with Gasteiger partial charge in [-0.25, -0.2) is 4.79 Å². The Balaban J connectivity index is 1.75. The van der Waals surface area contributed by atoms with Gasteiger partial charge < -0.3 is 15.5 Å². The van der Waals surface area contributed by atoms with E-state index in [1.807, 2.05) is 0 Å². The Bertz CT molecular complexity index is 795. The van der Waals surface area contributed by atoms with Gasteiger partial charge in [-0.05, 0) is 25.3 Å². The quantitative estimate of drug-likeness (QED) is 0.471. The van der Waals surface area contributed by atoms with Gasteiger partial charge in [0, 0.05) is 43.0 Å². The molecular weight excluding hydrogens is 380 g/mol. The van der Waals surface area contributed by atoms with Crippen LogP contribution in [-0.2, 0) is 28.8 Å². The van der Waals surface area contributed by atoms with Gasteiger partial charge >= 0.3 is 5.97 Å². The highest BCUT2D eigenvalue weighted by atomic mass is 16.7. The summed E-state index contributed by atoms with van der Waals surface area (Å²) in [6.07, 6.45) is -0.592. The number of hydrogen-bond donors (Lipinski definition) is 2. The third-order valence-electron chi connectivity index (χ3n) is 4.13. The number of rotatable bonds is 10. The second-order valence-electron chi connectivity index (χ2n) is 7.02. The molecule has 2 heterocycles. The van der Waals surface area contributed by atoms with Crippen LogP contribution >= 0.6 is 0 Å². The number of nitrogens with one attached hydrogen (secondary N) is 2. The van der Waals surface area contributed by atoms with Crippen molar-refractivity contribution in [1.29, 1.82) is 0 Å². The molecule has 0 aromatic heterocycles. The fourth-order valence-electron chi connectivity index (χ4n) is 2.76. The van der Waals surface area contributed by atoms with Gasteiger partial charge in [0.2, 0.25) is 11.8 Å². The summed E-state index contributed by atoms with van der Waals surface area (Å²) in [7, 11) is 0. The molecule has 2 unspecified atom stereocenters. The van der Waals surface area contributed by atoms with Crippen molar-refractivity contribution in [2.75, 3.05) is 26.1 Å². The van der Waals surface area contributed by atoms with Crippen LogP contribution in [0.5, 0.6) is 0 Å². The molecule has 0 radical (unpaired) electrons. The molecule has 0 bridgehead atoms. The van der Waals surface area contributed by atoms with Crippen molar-refractivity contribution < 1.29 is 34.3 Å². The first-order valence-electron chi connectivity index (χ1n) is 11.7. The molecule has 2 aliphatic heterocycles. The largest absolute Gasteiger partial charge is 0.355 e. The second-order valence-corrected chi connectivity index (χ2v) is 7.02. The van der Waals surface area contributed by atoms with Crippen molar-refractivity contribution in [3.8, 4) is 0 Å². The summed E-state index contributed by atoms with van der Waals surface area (Å²) in [5, 5.41) is 5.33. The van der Waals surface area contributed by atoms with Crippen LogP contribution in [0.3, 0.4) is 0 Å². The van der Waals surface area contributed by atoms with Crippen molar-refractivity contribution >= 4 is 29.6 Å². The Labute approximate surface area is 175 Å². The number of amides is 4. The fourth-order valence-corrected chi connectivity index (χ4v) is 2.76. The van der Waals surface area contributed by atoms with Crippen molar-refractivity contribution in [2.24, 2.45) is 5.92 Å². The number of carbonyl (C=O) groups is 5. The van der Waals surface area contributed by atoms with Crippen LogP contribution in [0.25, 0.3) is 0 Å². The van der Waals surface area contributed by atoms with Crippen LogP contribution < -0.4 is 10.6 Å². The van der Waals surface area contributed by atoms with Crippen LogP contribution in [0.2, 0.25) is 0 Å². The number of carbonyl (C=O) groups excluding carboxylic acids is 5. The van der Waals surface area contributed by atoms with Crippen LogP contribution in [0.4, 0.5) is 0 Å². The number of likely N-dealkylation sites (tertiary alicyclic amines) is 1. The molecule has 4 amide bonds. The maximum atomic E-state index is 12.7. The Kier molecular flexibility index (Phi) is 6.53. The lowest BCUT2D eigenvalue weighted by atomic mass is 10.1. The lowest BCUT2D eigenvalue weighted by Crippen LogP contribution is -2.45. The third kappa shape index (κ3) is 7.12. The molecule has 2 saturated heterocycles. The van der Waals surface area contributed by atoms with E-state index < -0.39 is 48.6 Å². The molecule has 2 aliphatic rings. The van der Waals surface area contributed by atoms with Gasteiger partial charge in [0.15, 0.2) is 0 Å². The molecule has 29 heavy (non-hydrogen) atoms. The van der Waals surface area contributed by atoms with Crippen molar-refractivity contribution in [2.45, 2.75) is 58.4 Å². The summed E-state index contributed by atoms with van der Waals surface area (Å²) >= 11 is 0. The molecule has 10 heteroatoms. The van der Waals surface area contributed by atoms with Gasteiger partial charge in [-0.2, -0.15) is 0 Å². The maximum Gasteiger partial charge on any atom is 0.334 e. The average Bonchev–Trinajstić information content (AvgIpc) is 3.17. The Hall–Kier alpha value is -2.49. The van der Waals surface area contributed by atoms with Gasteiger partial charge in [-0.1, -0.05) is 13.8 Å². The van der Waals surface area contributed by atoms with Gasteiger partial charge in [0.25, 0.3) is 11.8 Å². The first-order chi connectivity index (χ1) is 15.3. The molecule has 2 rings (SSSR count). The Morgan fingerprint density at radius 3 is 2.52 bits per heavy atom. The van der Waals surface area contributed by atoms with E-state index in [0.717, 1.165) is 4.90 Å². The Morgan fingerprint density at radius 2 is 1.86 bits per heavy atom. The second kappa shape index (κ2) is 10.9. The third-order valence-corrected chi connectivity index (χ3v) is 4.13. The summed E-state index contributed by atoms with van der Waals surface area (Å²) in [5.41, 5.74) is 0. The predicted octanol–water partition coefficient (Wildman–Crippen LogP) is -0.273. The predicted molar refractivity (Wildman–Crippen MR) is 102 cm³/mol. The maximum absolute atomic E-state index is 12.7. The van der Waals surface area contributed by atoms with E-state index in [1.165, 1.54) is 0 Å². The first kappa shape index (κ1) is 17.4. The molecule has 2 fully saturated rings. The van der Waals surface area contributed by atoms with Gasteiger partial charge in [0.05, 0.1) is 13.8 Å². The van der Waals surface area contributed by atoms with E-state index in [0.29, 0.717) is 5.06 Å². The van der Waals surface area contributed by atoms with Crippen molar-refractivity contribution in [3.05, 3.63) is 0 Å². The summed E-state index contributed by atoms with van der Waals surface area (Å²) in [5.74, 6) is -3.62. The summed E-state index contributed by atoms with van der Waals surface area (Å²) < 4.78 is 32.9. The molecule has 10 nitrogen and oxygen atoms in total. The highest BCUT2D eigenvalue weighted by Crippen LogP contribution is 2.18. The molecule has 0 spiro atoms. The SMILES string of the molecule is [2H]C(C(C)C)N1C([2H])([2H])CCC1([2H])C(=O)NCCC(=O)NCCC(=O)ON1C(=O)CCC1=O. The van der Waals surface area contributed by atoms with Crippen molar-refractivity contribution in [1.82, 2.24) is 20.6 Å². The van der Waals surface area contributed by atoms with Crippen LogP contribution in [-0.4, -0.2) is 71.7 Å². The monoisotopic (exact) mass is 414 g/mol. The van der Waals surface area contributed by atoms with E-state index >= 15 is 0 Å². The molecule has 0 aliphatic carbocycles. The smallest absolute Gasteiger partial charge is 0.334 e. The van der Waals surface area contributed by atoms with E-state index in [-0.39, 0.29) is 57.5 Å². The minimum absolute atomic E-state index is 0.0174. The normalized spacial score (nSPS) is 27.1. The van der Waals surface area contributed by atoms with E-state index in [4.69, 9.17) is 5.48 Å². The van der Waals surface area contributed by atoms with Crippen LogP contribution in [0.15, 0.2) is 0 Å². The molecule has 2 N–H and O–H groups in total. The standard InChI is InChI=1S/C19H30N4O6/c1-13(2)12-22-11-3-4-14(22)19(28)21-9-7-15(24)20-10-8-18(27)29-23-16(25)5-6-17(23)26/h13-14H,3-12H2,1-2H3,(H,20,24)(H,21,28)/i11D2,12D,14D. The zero-order valence-corrected chi connectivity index (χ0v) is 16.7. The van der Waals surface area contributed by atoms with Gasteiger partial charge in [-0.3, -0.25) is 24.1 Å². The topological polar surface area (TPSA) is 125 Å². The zero-order valence-electron chi connectivity index (χ0n) is 20.7. The summed E-state index contributed by atoms with van der Waals surface area (Å²) in [4.78, 5) is 64.7. The average molecular weight is 414 g/mol. The highest BCUT2D eigenvalue weighted by Gasteiger charge is 2.33. The lowest BCUT2D eigenvalue weighted by molar-refractivity contribution is -0.197. The van der Waals surface area contributed by atoms with E-state index in [9.17, 15) is 24.0 Å². The zero-order chi connectivity index (χ0) is 25.0. The van der Waals surface area contributed by atoms with Gasteiger partial charge in [-0.15, -0.1) is 5.06 Å². The first-order valence-corrected chi connectivity index (χ1v) is 9.63. The number of imide groups is 1. The van der Waals surface area contributed by atoms with E-state index in [1.54, 1.807) is 13.8 Å².